The lowest BCUT2D eigenvalue weighted by Gasteiger charge is -2.09. The number of ketones is 1. The van der Waals surface area contributed by atoms with Crippen molar-refractivity contribution in [1.82, 2.24) is 0 Å². The number of hydrogen-bond donors (Lipinski definition) is 0. The molecule has 0 aliphatic heterocycles. The number of aryl methyl sites for hydroxylation is 1. The molecule has 0 amide bonds. The molecule has 0 saturated carbocycles. The van der Waals surface area contributed by atoms with Crippen LogP contribution in [-0.2, 0) is 6.42 Å². The minimum absolute atomic E-state index is 0.177. The van der Waals surface area contributed by atoms with Gasteiger partial charge in [0.1, 0.15) is 0 Å². The van der Waals surface area contributed by atoms with Crippen LogP contribution in [-0.4, -0.2) is 5.78 Å². The van der Waals surface area contributed by atoms with Crippen molar-refractivity contribution in [1.29, 1.82) is 0 Å². The molecule has 0 N–H and O–H groups in total. The third-order valence-corrected chi connectivity index (χ3v) is 3.65. The van der Waals surface area contributed by atoms with Crippen LogP contribution in [0.2, 0.25) is 0 Å². The van der Waals surface area contributed by atoms with E-state index in [1.54, 1.807) is 6.92 Å². The van der Waals surface area contributed by atoms with Crippen molar-refractivity contribution in [2.45, 2.75) is 46.0 Å². The van der Waals surface area contributed by atoms with Gasteiger partial charge in [-0.3, -0.25) is 4.79 Å². The molecule has 0 aromatic heterocycles. The van der Waals surface area contributed by atoms with Gasteiger partial charge in [-0.05, 0) is 42.2 Å². The minimum atomic E-state index is 0.177. The summed E-state index contributed by atoms with van der Waals surface area (Å²) in [5, 5.41) is 2.39. The van der Waals surface area contributed by atoms with Gasteiger partial charge in [-0.1, -0.05) is 56.5 Å². The van der Waals surface area contributed by atoms with E-state index >= 15 is 0 Å². The van der Waals surface area contributed by atoms with Crippen LogP contribution < -0.4 is 0 Å². The number of carbonyl (C=O) groups is 1. The largest absolute Gasteiger partial charge is 0.295 e. The maximum atomic E-state index is 11.8. The van der Waals surface area contributed by atoms with Crippen molar-refractivity contribution in [2.75, 3.05) is 0 Å². The van der Waals surface area contributed by atoms with Gasteiger partial charge in [0, 0.05) is 5.56 Å². The third kappa shape index (κ3) is 3.44. The fourth-order valence-electron chi connectivity index (χ4n) is 2.56. The smallest absolute Gasteiger partial charge is 0.160 e. The second-order valence-electron chi connectivity index (χ2n) is 5.22. The van der Waals surface area contributed by atoms with E-state index in [1.165, 1.54) is 36.6 Å². The molecule has 0 fully saturated rings. The van der Waals surface area contributed by atoms with Crippen LogP contribution in [0.1, 0.15) is 55.5 Å². The zero-order valence-corrected chi connectivity index (χ0v) is 11.9. The van der Waals surface area contributed by atoms with Crippen molar-refractivity contribution in [3.8, 4) is 0 Å². The molecule has 0 bridgehead atoms. The average Bonchev–Trinajstić information content (AvgIpc) is 2.42. The van der Waals surface area contributed by atoms with E-state index in [9.17, 15) is 4.79 Å². The Kier molecular flexibility index (Phi) is 4.73. The molecule has 0 atom stereocenters. The lowest BCUT2D eigenvalue weighted by molar-refractivity contribution is 0.101. The first-order chi connectivity index (χ1) is 9.22. The Balaban J connectivity index is 2.28. The summed E-state index contributed by atoms with van der Waals surface area (Å²) in [6.07, 6.45) is 5.97. The van der Waals surface area contributed by atoms with Gasteiger partial charge in [-0.15, -0.1) is 0 Å². The number of carbonyl (C=O) groups excluding carboxylic acids is 1. The highest BCUT2D eigenvalue weighted by Gasteiger charge is 2.08. The summed E-state index contributed by atoms with van der Waals surface area (Å²) < 4.78 is 0. The van der Waals surface area contributed by atoms with Crippen molar-refractivity contribution < 1.29 is 4.79 Å². The van der Waals surface area contributed by atoms with Gasteiger partial charge in [-0.2, -0.15) is 0 Å². The highest BCUT2D eigenvalue weighted by atomic mass is 16.1. The standard InChI is InChI=1S/C18H22O/c1-3-4-5-6-11-17-12-15-9-7-8-10-16(15)13-18(17)14(2)19/h7-10,12-13H,3-6,11H2,1-2H3. The molecular weight excluding hydrogens is 232 g/mol. The fraction of sp³-hybridized carbons (Fsp3) is 0.389. The predicted molar refractivity (Wildman–Crippen MR) is 81.8 cm³/mol. The topological polar surface area (TPSA) is 17.1 Å². The normalized spacial score (nSPS) is 10.8. The van der Waals surface area contributed by atoms with E-state index in [1.807, 2.05) is 12.1 Å². The molecular formula is C18H22O. The van der Waals surface area contributed by atoms with Crippen molar-refractivity contribution in [3.05, 3.63) is 47.5 Å². The van der Waals surface area contributed by atoms with Gasteiger partial charge in [0.2, 0.25) is 0 Å². The van der Waals surface area contributed by atoms with E-state index in [0.717, 1.165) is 17.4 Å². The molecule has 0 saturated heterocycles. The minimum Gasteiger partial charge on any atom is -0.295 e. The molecule has 0 radical (unpaired) electrons. The molecule has 2 aromatic carbocycles. The zero-order chi connectivity index (χ0) is 13.7. The summed E-state index contributed by atoms with van der Waals surface area (Å²) >= 11 is 0. The average molecular weight is 254 g/mol. The highest BCUT2D eigenvalue weighted by molar-refractivity contribution is 6.00. The molecule has 1 nitrogen and oxygen atoms in total. The number of rotatable bonds is 6. The summed E-state index contributed by atoms with van der Waals surface area (Å²) in [5.74, 6) is 0.177. The fourth-order valence-corrected chi connectivity index (χ4v) is 2.56. The van der Waals surface area contributed by atoms with Crippen LogP contribution in [0.5, 0.6) is 0 Å². The molecule has 19 heavy (non-hydrogen) atoms. The maximum absolute atomic E-state index is 11.8. The molecule has 0 heterocycles. The Bertz CT molecular complexity index is 569. The van der Waals surface area contributed by atoms with Crippen LogP contribution in [0, 0.1) is 0 Å². The third-order valence-electron chi connectivity index (χ3n) is 3.65. The summed E-state index contributed by atoms with van der Waals surface area (Å²) in [6, 6.07) is 12.5. The number of Topliss-reactive ketones (excluding diaryl/α,β-unsaturated/α-hetero) is 1. The van der Waals surface area contributed by atoms with Crippen LogP contribution in [0.25, 0.3) is 10.8 Å². The number of hydrogen-bond acceptors (Lipinski definition) is 1. The summed E-state index contributed by atoms with van der Waals surface area (Å²) in [4.78, 5) is 11.8. The molecule has 2 rings (SSSR count). The van der Waals surface area contributed by atoms with Crippen molar-refractivity contribution in [2.24, 2.45) is 0 Å². The Morgan fingerprint density at radius 3 is 2.32 bits per heavy atom. The Morgan fingerprint density at radius 2 is 1.68 bits per heavy atom. The molecule has 2 aromatic rings. The second kappa shape index (κ2) is 6.51. The first-order valence-electron chi connectivity index (χ1n) is 7.25. The van der Waals surface area contributed by atoms with Gasteiger partial charge in [-0.25, -0.2) is 0 Å². The summed E-state index contributed by atoms with van der Waals surface area (Å²) in [7, 11) is 0. The number of benzene rings is 2. The second-order valence-corrected chi connectivity index (χ2v) is 5.22. The Hall–Kier alpha value is -1.63. The van der Waals surface area contributed by atoms with Gasteiger partial charge >= 0.3 is 0 Å². The van der Waals surface area contributed by atoms with Crippen LogP contribution >= 0.6 is 0 Å². The highest BCUT2D eigenvalue weighted by Crippen LogP contribution is 2.22. The van der Waals surface area contributed by atoms with E-state index in [0.29, 0.717) is 0 Å². The lowest BCUT2D eigenvalue weighted by Crippen LogP contribution is -2.00. The van der Waals surface area contributed by atoms with Gasteiger partial charge in [0.05, 0.1) is 0 Å². The van der Waals surface area contributed by atoms with Gasteiger partial charge in [0.15, 0.2) is 5.78 Å². The van der Waals surface area contributed by atoms with Crippen molar-refractivity contribution >= 4 is 16.6 Å². The van der Waals surface area contributed by atoms with E-state index in [4.69, 9.17) is 0 Å². The SMILES string of the molecule is CCCCCCc1cc2ccccc2cc1C(C)=O. The predicted octanol–water partition coefficient (Wildman–Crippen LogP) is 5.17. The summed E-state index contributed by atoms with van der Waals surface area (Å²) in [6.45, 7) is 3.89. The summed E-state index contributed by atoms with van der Waals surface area (Å²) in [5.41, 5.74) is 2.11. The molecule has 100 valence electrons. The van der Waals surface area contributed by atoms with E-state index < -0.39 is 0 Å². The number of unbranched alkanes of at least 4 members (excludes halogenated alkanes) is 3. The maximum Gasteiger partial charge on any atom is 0.160 e. The van der Waals surface area contributed by atoms with Crippen molar-refractivity contribution in [3.63, 3.8) is 0 Å². The lowest BCUT2D eigenvalue weighted by atomic mass is 9.95. The molecule has 1 heteroatoms. The van der Waals surface area contributed by atoms with Gasteiger partial charge in [0.25, 0.3) is 0 Å². The van der Waals surface area contributed by atoms with Crippen LogP contribution in [0.15, 0.2) is 36.4 Å². The van der Waals surface area contributed by atoms with Crippen LogP contribution in [0.4, 0.5) is 0 Å². The molecule has 0 unspecified atom stereocenters. The molecule has 0 spiro atoms. The first kappa shape index (κ1) is 13.8. The Morgan fingerprint density at radius 1 is 1.00 bits per heavy atom. The van der Waals surface area contributed by atoms with Gasteiger partial charge < -0.3 is 0 Å². The van der Waals surface area contributed by atoms with Crippen LogP contribution in [0.3, 0.4) is 0 Å². The Labute approximate surface area is 115 Å². The monoisotopic (exact) mass is 254 g/mol. The van der Waals surface area contributed by atoms with E-state index in [-0.39, 0.29) is 5.78 Å². The zero-order valence-electron chi connectivity index (χ0n) is 11.9. The first-order valence-corrected chi connectivity index (χ1v) is 7.25. The molecule has 0 aliphatic carbocycles. The molecule has 0 aliphatic rings. The quantitative estimate of drug-likeness (QED) is 0.513. The van der Waals surface area contributed by atoms with E-state index in [2.05, 4.69) is 31.2 Å². The number of fused-ring (bicyclic) bond motifs is 1.